The largest absolute Gasteiger partial charge is 0.321 e. The Hall–Kier alpha value is -1.40. The lowest BCUT2D eigenvalue weighted by Crippen LogP contribution is -2.18. The van der Waals surface area contributed by atoms with Crippen LogP contribution in [0.25, 0.3) is 0 Å². The maximum atomic E-state index is 13.1. The molecule has 0 amide bonds. The van der Waals surface area contributed by atoms with Crippen molar-refractivity contribution in [3.05, 3.63) is 35.1 Å². The van der Waals surface area contributed by atoms with Crippen molar-refractivity contribution in [1.82, 2.24) is 0 Å². The predicted octanol–water partition coefficient (Wildman–Crippen LogP) is 1.65. The standard InChI is InChI=1S/C10H9FN2/c11-9-5-8(10(13)3-4-10)2-1-7(9)6-12/h1-2,5H,3-4,13H2. The molecule has 1 aromatic carbocycles. The van der Waals surface area contributed by atoms with Crippen molar-refractivity contribution < 1.29 is 4.39 Å². The highest BCUT2D eigenvalue weighted by molar-refractivity contribution is 5.38. The summed E-state index contributed by atoms with van der Waals surface area (Å²) in [6.45, 7) is 0. The van der Waals surface area contributed by atoms with E-state index in [-0.39, 0.29) is 11.1 Å². The average Bonchev–Trinajstić information content (AvgIpc) is 2.85. The third-order valence-electron chi connectivity index (χ3n) is 2.45. The molecule has 0 bridgehead atoms. The second-order valence-electron chi connectivity index (χ2n) is 3.46. The van der Waals surface area contributed by atoms with Crippen LogP contribution in [0.15, 0.2) is 18.2 Å². The van der Waals surface area contributed by atoms with E-state index in [0.717, 1.165) is 18.4 Å². The number of halogens is 1. The third kappa shape index (κ3) is 1.30. The maximum Gasteiger partial charge on any atom is 0.141 e. The molecule has 66 valence electrons. The van der Waals surface area contributed by atoms with Crippen molar-refractivity contribution in [2.75, 3.05) is 0 Å². The molecule has 0 saturated heterocycles. The smallest absolute Gasteiger partial charge is 0.141 e. The van der Waals surface area contributed by atoms with Gasteiger partial charge in [-0.15, -0.1) is 0 Å². The number of rotatable bonds is 1. The molecule has 1 saturated carbocycles. The molecule has 1 aliphatic rings. The number of nitrogens with zero attached hydrogens (tertiary/aromatic N) is 1. The van der Waals surface area contributed by atoms with Gasteiger partial charge in [0.05, 0.1) is 5.56 Å². The fourth-order valence-corrected chi connectivity index (χ4v) is 1.34. The van der Waals surface area contributed by atoms with E-state index < -0.39 is 5.82 Å². The molecule has 0 unspecified atom stereocenters. The van der Waals surface area contributed by atoms with E-state index in [1.165, 1.54) is 12.1 Å². The molecule has 1 aliphatic carbocycles. The van der Waals surface area contributed by atoms with Gasteiger partial charge in [-0.2, -0.15) is 5.26 Å². The van der Waals surface area contributed by atoms with Gasteiger partial charge in [-0.05, 0) is 30.5 Å². The minimum atomic E-state index is -0.475. The molecular formula is C10H9FN2. The van der Waals surface area contributed by atoms with Crippen molar-refractivity contribution >= 4 is 0 Å². The summed E-state index contributed by atoms with van der Waals surface area (Å²) in [6, 6.07) is 6.36. The quantitative estimate of drug-likeness (QED) is 0.707. The Balaban J connectivity index is 2.43. The van der Waals surface area contributed by atoms with Crippen molar-refractivity contribution in [3.8, 4) is 6.07 Å². The van der Waals surface area contributed by atoms with E-state index in [4.69, 9.17) is 11.0 Å². The molecule has 2 N–H and O–H groups in total. The fourth-order valence-electron chi connectivity index (χ4n) is 1.34. The van der Waals surface area contributed by atoms with Gasteiger partial charge in [0.2, 0.25) is 0 Å². The SMILES string of the molecule is N#Cc1ccc(C2(N)CC2)cc1F. The molecule has 1 fully saturated rings. The molecule has 0 spiro atoms. The molecule has 0 aliphatic heterocycles. The maximum absolute atomic E-state index is 13.1. The van der Waals surface area contributed by atoms with Gasteiger partial charge in [0.1, 0.15) is 11.9 Å². The Bertz CT molecular complexity index is 388. The topological polar surface area (TPSA) is 49.8 Å². The van der Waals surface area contributed by atoms with Crippen LogP contribution in [0.2, 0.25) is 0 Å². The van der Waals surface area contributed by atoms with E-state index in [2.05, 4.69) is 0 Å². The van der Waals surface area contributed by atoms with Gasteiger partial charge in [-0.25, -0.2) is 4.39 Å². The molecule has 1 aromatic rings. The Morgan fingerprint density at radius 1 is 1.46 bits per heavy atom. The summed E-state index contributed by atoms with van der Waals surface area (Å²) < 4.78 is 13.1. The lowest BCUT2D eigenvalue weighted by atomic mass is 10.0. The van der Waals surface area contributed by atoms with Gasteiger partial charge in [0, 0.05) is 5.54 Å². The first-order chi connectivity index (χ1) is 6.15. The first kappa shape index (κ1) is 8.21. The van der Waals surface area contributed by atoms with Crippen LogP contribution in [0.5, 0.6) is 0 Å². The van der Waals surface area contributed by atoms with Crippen molar-refractivity contribution in [2.45, 2.75) is 18.4 Å². The van der Waals surface area contributed by atoms with E-state index in [1.807, 2.05) is 0 Å². The van der Waals surface area contributed by atoms with Gasteiger partial charge in [0.15, 0.2) is 0 Å². The zero-order valence-electron chi connectivity index (χ0n) is 7.05. The molecule has 0 atom stereocenters. The summed E-state index contributed by atoms with van der Waals surface area (Å²) in [7, 11) is 0. The van der Waals surface area contributed by atoms with Gasteiger partial charge in [-0.1, -0.05) is 6.07 Å². The third-order valence-corrected chi connectivity index (χ3v) is 2.45. The first-order valence-corrected chi connectivity index (χ1v) is 4.15. The minimum absolute atomic E-state index is 0.0769. The van der Waals surface area contributed by atoms with Gasteiger partial charge in [-0.3, -0.25) is 0 Å². The molecule has 0 aromatic heterocycles. The predicted molar refractivity (Wildman–Crippen MR) is 46.2 cm³/mol. The van der Waals surface area contributed by atoms with E-state index in [9.17, 15) is 4.39 Å². The Kier molecular flexibility index (Phi) is 1.61. The van der Waals surface area contributed by atoms with Crippen LogP contribution in [0.4, 0.5) is 4.39 Å². The van der Waals surface area contributed by atoms with Gasteiger partial charge < -0.3 is 5.73 Å². The lowest BCUT2D eigenvalue weighted by Gasteiger charge is -2.08. The molecule has 2 rings (SSSR count). The summed E-state index contributed by atoms with van der Waals surface area (Å²) >= 11 is 0. The number of hydrogen-bond donors (Lipinski definition) is 1. The second-order valence-corrected chi connectivity index (χ2v) is 3.46. The van der Waals surface area contributed by atoms with Crippen LogP contribution < -0.4 is 5.73 Å². The number of benzene rings is 1. The van der Waals surface area contributed by atoms with Crippen LogP contribution in [0.3, 0.4) is 0 Å². The van der Waals surface area contributed by atoms with E-state index in [1.54, 1.807) is 12.1 Å². The number of hydrogen-bond acceptors (Lipinski definition) is 2. The number of nitriles is 1. The summed E-state index contributed by atoms with van der Waals surface area (Å²) in [4.78, 5) is 0. The van der Waals surface area contributed by atoms with Crippen LogP contribution in [0, 0.1) is 17.1 Å². The van der Waals surface area contributed by atoms with Gasteiger partial charge >= 0.3 is 0 Å². The molecule has 3 heteroatoms. The highest BCUT2D eigenvalue weighted by atomic mass is 19.1. The molecular weight excluding hydrogens is 167 g/mol. The van der Waals surface area contributed by atoms with Crippen LogP contribution in [-0.2, 0) is 5.54 Å². The van der Waals surface area contributed by atoms with Gasteiger partial charge in [0.25, 0.3) is 0 Å². The monoisotopic (exact) mass is 176 g/mol. The van der Waals surface area contributed by atoms with Crippen LogP contribution in [0.1, 0.15) is 24.0 Å². The van der Waals surface area contributed by atoms with Crippen LogP contribution >= 0.6 is 0 Å². The molecule has 0 heterocycles. The Morgan fingerprint density at radius 2 is 2.15 bits per heavy atom. The Labute approximate surface area is 75.8 Å². The summed E-state index contributed by atoms with van der Waals surface area (Å²) in [5.74, 6) is -0.475. The van der Waals surface area contributed by atoms with Crippen molar-refractivity contribution in [3.63, 3.8) is 0 Å². The van der Waals surface area contributed by atoms with Crippen molar-refractivity contribution in [2.24, 2.45) is 5.73 Å². The zero-order valence-corrected chi connectivity index (χ0v) is 7.05. The second kappa shape index (κ2) is 2.54. The normalized spacial score (nSPS) is 17.9. The Morgan fingerprint density at radius 3 is 2.62 bits per heavy atom. The van der Waals surface area contributed by atoms with E-state index >= 15 is 0 Å². The highest BCUT2D eigenvalue weighted by Crippen LogP contribution is 2.42. The average molecular weight is 176 g/mol. The van der Waals surface area contributed by atoms with E-state index in [0.29, 0.717) is 0 Å². The van der Waals surface area contributed by atoms with Crippen LogP contribution in [-0.4, -0.2) is 0 Å². The van der Waals surface area contributed by atoms with Crippen molar-refractivity contribution in [1.29, 1.82) is 5.26 Å². The highest BCUT2D eigenvalue weighted by Gasteiger charge is 2.40. The number of nitrogens with two attached hydrogens (primary N) is 1. The minimum Gasteiger partial charge on any atom is -0.321 e. The lowest BCUT2D eigenvalue weighted by molar-refractivity contribution is 0.614. The first-order valence-electron chi connectivity index (χ1n) is 4.15. The summed E-state index contributed by atoms with van der Waals surface area (Å²) in [6.07, 6.45) is 1.80. The fraction of sp³-hybridized carbons (Fsp3) is 0.300. The molecule has 13 heavy (non-hydrogen) atoms. The molecule has 0 radical (unpaired) electrons. The molecule has 2 nitrogen and oxygen atoms in total. The summed E-state index contributed by atoms with van der Waals surface area (Å²) in [5.41, 5.74) is 6.43. The zero-order chi connectivity index (χ0) is 9.47. The summed E-state index contributed by atoms with van der Waals surface area (Å²) in [5, 5.41) is 8.51.